The quantitative estimate of drug-likeness (QED) is 0.361. The Kier molecular flexibility index (Phi) is 10.5. The van der Waals surface area contributed by atoms with Gasteiger partial charge in [0.25, 0.3) is 11.8 Å². The first-order valence-corrected chi connectivity index (χ1v) is 11.1. The third-order valence-corrected chi connectivity index (χ3v) is 4.96. The first-order valence-electron chi connectivity index (χ1n) is 11.1. The number of aryl methyl sites for hydroxylation is 1. The smallest absolute Gasteiger partial charge is 0.269 e. The molecule has 0 atom stereocenters. The molecular formula is C25H34N2O3. The lowest BCUT2D eigenvalue weighted by molar-refractivity contribution is 0.0846. The second-order valence-corrected chi connectivity index (χ2v) is 7.50. The highest BCUT2D eigenvalue weighted by molar-refractivity contribution is 5.99. The maximum atomic E-state index is 12.3. The van der Waals surface area contributed by atoms with E-state index in [-0.39, 0.29) is 11.8 Å². The lowest BCUT2D eigenvalue weighted by Gasteiger charge is -2.09. The highest BCUT2D eigenvalue weighted by atomic mass is 16.5. The fourth-order valence-electron chi connectivity index (χ4n) is 3.05. The van der Waals surface area contributed by atoms with Gasteiger partial charge in [-0.1, -0.05) is 58.1 Å². The minimum absolute atomic E-state index is 0.336. The fourth-order valence-corrected chi connectivity index (χ4v) is 3.05. The van der Waals surface area contributed by atoms with Crippen molar-refractivity contribution in [2.75, 3.05) is 6.61 Å². The molecule has 0 spiro atoms. The van der Waals surface area contributed by atoms with Crippen molar-refractivity contribution >= 4 is 11.8 Å². The number of hydrogen-bond donors (Lipinski definition) is 2. The Morgan fingerprint density at radius 1 is 0.700 bits per heavy atom. The van der Waals surface area contributed by atoms with Crippen molar-refractivity contribution in [2.45, 2.75) is 65.2 Å². The van der Waals surface area contributed by atoms with Crippen LogP contribution in [0.15, 0.2) is 48.5 Å². The Hall–Kier alpha value is -2.82. The Balaban J connectivity index is 1.75. The molecular weight excluding hydrogens is 376 g/mol. The molecule has 2 aromatic rings. The lowest BCUT2D eigenvalue weighted by Crippen LogP contribution is -2.41. The van der Waals surface area contributed by atoms with Crippen molar-refractivity contribution in [1.82, 2.24) is 10.9 Å². The summed E-state index contributed by atoms with van der Waals surface area (Å²) in [6.45, 7) is 4.98. The first kappa shape index (κ1) is 23.5. The van der Waals surface area contributed by atoms with Crippen molar-refractivity contribution in [3.8, 4) is 5.75 Å². The maximum absolute atomic E-state index is 12.3. The van der Waals surface area contributed by atoms with E-state index in [0.717, 1.165) is 25.0 Å². The molecule has 162 valence electrons. The summed E-state index contributed by atoms with van der Waals surface area (Å²) >= 11 is 0. The van der Waals surface area contributed by atoms with Gasteiger partial charge in [-0.2, -0.15) is 0 Å². The van der Waals surface area contributed by atoms with Gasteiger partial charge in [0.05, 0.1) is 6.61 Å². The highest BCUT2D eigenvalue weighted by Crippen LogP contribution is 2.13. The molecule has 5 heteroatoms. The molecule has 2 amide bonds. The number of rotatable bonds is 12. The summed E-state index contributed by atoms with van der Waals surface area (Å²) in [5, 5.41) is 0. The van der Waals surface area contributed by atoms with Gasteiger partial charge in [0.15, 0.2) is 0 Å². The Bertz CT molecular complexity index is 770. The number of nitrogens with one attached hydrogen (secondary N) is 2. The molecule has 2 rings (SSSR count). The van der Waals surface area contributed by atoms with Crippen LogP contribution < -0.4 is 15.6 Å². The van der Waals surface area contributed by atoms with Crippen LogP contribution in [0.3, 0.4) is 0 Å². The van der Waals surface area contributed by atoms with Crippen LogP contribution >= 0.6 is 0 Å². The van der Waals surface area contributed by atoms with Crippen molar-refractivity contribution in [1.29, 1.82) is 0 Å². The van der Waals surface area contributed by atoms with E-state index in [1.807, 2.05) is 12.1 Å². The van der Waals surface area contributed by atoms with Crippen molar-refractivity contribution < 1.29 is 14.3 Å². The molecule has 0 radical (unpaired) electrons. The number of carbonyl (C=O) groups excluding carboxylic acids is 2. The first-order chi connectivity index (χ1) is 14.6. The summed E-state index contributed by atoms with van der Waals surface area (Å²) in [7, 11) is 0. The zero-order valence-corrected chi connectivity index (χ0v) is 18.2. The van der Waals surface area contributed by atoms with Crippen LogP contribution in [0.5, 0.6) is 5.75 Å². The highest BCUT2D eigenvalue weighted by Gasteiger charge is 2.09. The van der Waals surface area contributed by atoms with Crippen molar-refractivity contribution in [3.63, 3.8) is 0 Å². The largest absolute Gasteiger partial charge is 0.494 e. The number of unbranched alkanes of at least 4 members (excludes halogenated alkanes) is 5. The summed E-state index contributed by atoms with van der Waals surface area (Å²) < 4.78 is 5.59. The van der Waals surface area contributed by atoms with E-state index in [1.54, 1.807) is 36.4 Å². The summed E-state index contributed by atoms with van der Waals surface area (Å²) in [6, 6.07) is 14.4. The normalized spacial score (nSPS) is 10.5. The molecule has 0 aliphatic rings. The average molecular weight is 411 g/mol. The van der Waals surface area contributed by atoms with Gasteiger partial charge < -0.3 is 4.74 Å². The molecule has 0 fully saturated rings. The van der Waals surface area contributed by atoms with E-state index in [0.29, 0.717) is 17.7 Å². The SMILES string of the molecule is CCCCCCCc1ccc(C(=O)NNC(=O)c2ccc(OCCCC)cc2)cc1. The summed E-state index contributed by atoms with van der Waals surface area (Å²) in [5.41, 5.74) is 7.13. The minimum Gasteiger partial charge on any atom is -0.494 e. The molecule has 0 heterocycles. The minimum atomic E-state index is -0.368. The predicted octanol–water partition coefficient (Wildman–Crippen LogP) is 5.45. The molecule has 0 bridgehead atoms. The number of hydrogen-bond acceptors (Lipinski definition) is 3. The van der Waals surface area contributed by atoms with Crippen LogP contribution in [-0.2, 0) is 6.42 Å². The van der Waals surface area contributed by atoms with Gasteiger partial charge in [-0.3, -0.25) is 20.4 Å². The van der Waals surface area contributed by atoms with Crippen LogP contribution in [-0.4, -0.2) is 18.4 Å². The maximum Gasteiger partial charge on any atom is 0.269 e. The molecule has 0 aromatic heterocycles. The Morgan fingerprint density at radius 2 is 1.23 bits per heavy atom. The van der Waals surface area contributed by atoms with Crippen LogP contribution in [0.2, 0.25) is 0 Å². The number of benzene rings is 2. The van der Waals surface area contributed by atoms with Crippen LogP contribution in [0, 0.1) is 0 Å². The number of carbonyl (C=O) groups is 2. The van der Waals surface area contributed by atoms with E-state index in [9.17, 15) is 9.59 Å². The number of amides is 2. The Labute approximate surface area is 180 Å². The van der Waals surface area contributed by atoms with Crippen LogP contribution in [0.1, 0.15) is 85.1 Å². The second kappa shape index (κ2) is 13.4. The number of hydrazine groups is 1. The lowest BCUT2D eigenvalue weighted by atomic mass is 10.0. The average Bonchev–Trinajstić information content (AvgIpc) is 2.78. The molecule has 0 aliphatic carbocycles. The van der Waals surface area contributed by atoms with E-state index in [1.165, 1.54) is 37.7 Å². The second-order valence-electron chi connectivity index (χ2n) is 7.50. The molecule has 5 nitrogen and oxygen atoms in total. The van der Waals surface area contributed by atoms with Gasteiger partial charge >= 0.3 is 0 Å². The zero-order chi connectivity index (χ0) is 21.6. The van der Waals surface area contributed by atoms with E-state index >= 15 is 0 Å². The van der Waals surface area contributed by atoms with Gasteiger partial charge in [0.1, 0.15) is 5.75 Å². The molecule has 2 aromatic carbocycles. The third kappa shape index (κ3) is 8.27. The topological polar surface area (TPSA) is 67.4 Å². The molecule has 0 aliphatic heterocycles. The van der Waals surface area contributed by atoms with E-state index < -0.39 is 0 Å². The van der Waals surface area contributed by atoms with Gasteiger partial charge in [0.2, 0.25) is 0 Å². The fraction of sp³-hybridized carbons (Fsp3) is 0.440. The monoisotopic (exact) mass is 410 g/mol. The molecule has 0 saturated carbocycles. The molecule has 2 N–H and O–H groups in total. The number of ether oxygens (including phenoxy) is 1. The van der Waals surface area contributed by atoms with E-state index in [2.05, 4.69) is 24.7 Å². The predicted molar refractivity (Wildman–Crippen MR) is 121 cm³/mol. The van der Waals surface area contributed by atoms with Gasteiger partial charge in [-0.05, 0) is 61.2 Å². The summed E-state index contributed by atoms with van der Waals surface area (Å²) in [5.74, 6) is 0.0269. The Morgan fingerprint density at radius 3 is 1.80 bits per heavy atom. The zero-order valence-electron chi connectivity index (χ0n) is 18.2. The summed E-state index contributed by atoms with van der Waals surface area (Å²) in [4.78, 5) is 24.5. The molecule has 0 unspecified atom stereocenters. The van der Waals surface area contributed by atoms with Crippen LogP contribution in [0.4, 0.5) is 0 Å². The standard InChI is InChI=1S/C25H34N2O3/c1-3-5-7-8-9-10-20-11-13-21(14-12-20)24(28)26-27-25(29)22-15-17-23(18-16-22)30-19-6-4-2/h11-18H,3-10,19H2,1-2H3,(H,26,28)(H,27,29). The molecule has 30 heavy (non-hydrogen) atoms. The van der Waals surface area contributed by atoms with E-state index in [4.69, 9.17) is 4.74 Å². The van der Waals surface area contributed by atoms with Crippen LogP contribution in [0.25, 0.3) is 0 Å². The molecule has 0 saturated heterocycles. The van der Waals surface area contributed by atoms with Crippen molar-refractivity contribution in [3.05, 3.63) is 65.2 Å². The van der Waals surface area contributed by atoms with Gasteiger partial charge in [0, 0.05) is 11.1 Å². The van der Waals surface area contributed by atoms with Gasteiger partial charge in [-0.25, -0.2) is 0 Å². The van der Waals surface area contributed by atoms with Gasteiger partial charge in [-0.15, -0.1) is 0 Å². The van der Waals surface area contributed by atoms with Crippen molar-refractivity contribution in [2.24, 2.45) is 0 Å². The summed E-state index contributed by atoms with van der Waals surface area (Å²) in [6.07, 6.45) is 9.33. The third-order valence-electron chi connectivity index (χ3n) is 4.96.